The van der Waals surface area contributed by atoms with Gasteiger partial charge in [0.25, 0.3) is 0 Å². The van der Waals surface area contributed by atoms with Crippen molar-refractivity contribution < 1.29 is 23.8 Å². The largest absolute Gasteiger partial charge is 0.456 e. The third kappa shape index (κ3) is 5.98. The van der Waals surface area contributed by atoms with E-state index < -0.39 is 29.0 Å². The van der Waals surface area contributed by atoms with Crippen molar-refractivity contribution in [3.05, 3.63) is 95.6 Å². The van der Waals surface area contributed by atoms with Gasteiger partial charge in [-0.3, -0.25) is 4.79 Å². The molecule has 3 aromatic carbocycles. The summed E-state index contributed by atoms with van der Waals surface area (Å²) in [6.45, 7) is 10.6. The van der Waals surface area contributed by atoms with E-state index in [1.807, 2.05) is 74.2 Å². The number of carbonyl (C=O) groups excluding carboxylic acids is 2. The molecule has 2 unspecified atom stereocenters. The minimum absolute atomic E-state index is 0.0778. The van der Waals surface area contributed by atoms with Gasteiger partial charge in [0, 0.05) is 43.1 Å². The topological polar surface area (TPSA) is 76.6 Å². The summed E-state index contributed by atoms with van der Waals surface area (Å²) in [6.07, 6.45) is 0.889. The monoisotopic (exact) mass is 628 g/mol. The summed E-state index contributed by atoms with van der Waals surface area (Å²) in [7, 11) is 0. The van der Waals surface area contributed by atoms with Crippen LogP contribution in [0.3, 0.4) is 0 Å². The summed E-state index contributed by atoms with van der Waals surface area (Å²) in [5, 5.41) is 10.8. The highest BCUT2D eigenvalue weighted by molar-refractivity contribution is 5.94. The number of esters is 1. The summed E-state index contributed by atoms with van der Waals surface area (Å²) in [5.74, 6) is -0.312. The second-order valence-electron chi connectivity index (χ2n) is 14.0. The number of halogens is 1. The number of nitrogens with zero attached hydrogens (tertiary/aromatic N) is 4. The Morgan fingerprint density at radius 2 is 1.61 bits per heavy atom. The van der Waals surface area contributed by atoms with Gasteiger partial charge in [0.2, 0.25) is 5.91 Å². The first-order valence-corrected chi connectivity index (χ1v) is 16.3. The number of anilines is 2. The highest BCUT2D eigenvalue weighted by Gasteiger charge is 2.54. The molecular formula is C37H45FN4O4. The van der Waals surface area contributed by atoms with E-state index in [0.717, 1.165) is 43.0 Å². The van der Waals surface area contributed by atoms with Crippen LogP contribution in [0.1, 0.15) is 68.4 Å². The maximum atomic E-state index is 15.3. The normalized spacial score (nSPS) is 22.9. The van der Waals surface area contributed by atoms with Gasteiger partial charge in [0.1, 0.15) is 11.1 Å². The molecule has 0 radical (unpaired) electrons. The highest BCUT2D eigenvalue weighted by atomic mass is 19.1. The van der Waals surface area contributed by atoms with Crippen molar-refractivity contribution in [3.8, 4) is 0 Å². The van der Waals surface area contributed by atoms with Gasteiger partial charge in [0.05, 0.1) is 12.2 Å². The predicted octanol–water partition coefficient (Wildman–Crippen LogP) is 5.70. The number of aliphatic hydroxyl groups is 1. The van der Waals surface area contributed by atoms with Crippen molar-refractivity contribution in [2.75, 3.05) is 42.6 Å². The van der Waals surface area contributed by atoms with Crippen molar-refractivity contribution in [2.24, 2.45) is 0 Å². The lowest BCUT2D eigenvalue weighted by Gasteiger charge is -2.43. The zero-order valence-corrected chi connectivity index (χ0v) is 27.3. The number of piperidine rings is 1. The van der Waals surface area contributed by atoms with Crippen LogP contribution < -0.4 is 9.80 Å². The van der Waals surface area contributed by atoms with E-state index in [2.05, 4.69) is 21.9 Å². The van der Waals surface area contributed by atoms with Crippen molar-refractivity contribution >= 4 is 23.3 Å². The molecule has 9 heteroatoms. The summed E-state index contributed by atoms with van der Waals surface area (Å²) in [6, 6.07) is 24.8. The first kappa shape index (κ1) is 32.0. The molecule has 8 nitrogen and oxygen atoms in total. The number of amides is 1. The SMILES string of the molecule is CC(C)(C)OC(=O)c1ccccc1CN1CN(c2ccccc2)C2(CCN(CCCN3c4ccccc4C(C)(F)C3O)CC2)C1=O. The van der Waals surface area contributed by atoms with Gasteiger partial charge in [-0.25, -0.2) is 9.18 Å². The molecule has 0 aromatic heterocycles. The molecule has 2 fully saturated rings. The molecule has 1 amide bonds. The molecule has 0 saturated carbocycles. The summed E-state index contributed by atoms with van der Waals surface area (Å²) < 4.78 is 21.0. The van der Waals surface area contributed by atoms with Crippen LogP contribution in [-0.4, -0.2) is 77.0 Å². The molecule has 3 aliphatic rings. The quantitative estimate of drug-likeness (QED) is 0.321. The first-order valence-electron chi connectivity index (χ1n) is 16.3. The highest BCUT2D eigenvalue weighted by Crippen LogP contribution is 2.45. The average Bonchev–Trinajstić information content (AvgIpc) is 3.40. The minimum atomic E-state index is -1.81. The van der Waals surface area contributed by atoms with Gasteiger partial charge in [-0.15, -0.1) is 0 Å². The number of likely N-dealkylation sites (tertiary alicyclic amines) is 1. The van der Waals surface area contributed by atoms with E-state index in [1.54, 1.807) is 23.1 Å². The fourth-order valence-corrected chi connectivity index (χ4v) is 7.27. The van der Waals surface area contributed by atoms with E-state index in [4.69, 9.17) is 4.74 Å². The number of hydrogen-bond acceptors (Lipinski definition) is 7. The molecule has 1 N–H and O–H groups in total. The van der Waals surface area contributed by atoms with Crippen molar-refractivity contribution in [2.45, 2.75) is 76.5 Å². The van der Waals surface area contributed by atoms with Gasteiger partial charge in [0.15, 0.2) is 11.9 Å². The second-order valence-corrected chi connectivity index (χ2v) is 14.0. The number of rotatable bonds is 8. The zero-order valence-electron chi connectivity index (χ0n) is 27.3. The maximum Gasteiger partial charge on any atom is 0.338 e. The Hall–Kier alpha value is -3.95. The van der Waals surface area contributed by atoms with Gasteiger partial charge < -0.3 is 29.4 Å². The van der Waals surface area contributed by atoms with Crippen molar-refractivity contribution in [3.63, 3.8) is 0 Å². The molecule has 2 saturated heterocycles. The van der Waals surface area contributed by atoms with Gasteiger partial charge in [-0.1, -0.05) is 54.6 Å². The third-order valence-electron chi connectivity index (χ3n) is 9.66. The van der Waals surface area contributed by atoms with Gasteiger partial charge in [-0.2, -0.15) is 0 Å². The van der Waals surface area contributed by atoms with Crippen LogP contribution in [0.2, 0.25) is 0 Å². The smallest absolute Gasteiger partial charge is 0.338 e. The second kappa shape index (κ2) is 12.3. The fraction of sp³-hybridized carbons (Fsp3) is 0.459. The molecule has 2 atom stereocenters. The molecule has 6 rings (SSSR count). The number of aliphatic hydroxyl groups excluding tert-OH is 1. The number of para-hydroxylation sites is 2. The van der Waals surface area contributed by atoms with E-state index in [1.165, 1.54) is 6.92 Å². The molecule has 3 aromatic rings. The van der Waals surface area contributed by atoms with Crippen LogP contribution in [0.4, 0.5) is 15.8 Å². The van der Waals surface area contributed by atoms with Crippen molar-refractivity contribution in [1.82, 2.24) is 9.80 Å². The molecule has 244 valence electrons. The minimum Gasteiger partial charge on any atom is -0.456 e. The lowest BCUT2D eigenvalue weighted by molar-refractivity contribution is -0.134. The summed E-state index contributed by atoms with van der Waals surface area (Å²) in [4.78, 5) is 35.7. The number of hydrogen-bond donors (Lipinski definition) is 1. The zero-order chi connectivity index (χ0) is 32.7. The Morgan fingerprint density at radius 1 is 0.957 bits per heavy atom. The molecule has 3 aliphatic heterocycles. The van der Waals surface area contributed by atoms with E-state index in [9.17, 15) is 14.7 Å². The summed E-state index contributed by atoms with van der Waals surface area (Å²) >= 11 is 0. The maximum absolute atomic E-state index is 15.3. The van der Waals surface area contributed by atoms with Crippen LogP contribution >= 0.6 is 0 Å². The van der Waals surface area contributed by atoms with Crippen LogP contribution in [0.25, 0.3) is 0 Å². The van der Waals surface area contributed by atoms with Gasteiger partial charge >= 0.3 is 5.97 Å². The Balaban J connectivity index is 1.14. The van der Waals surface area contributed by atoms with Crippen LogP contribution in [0.5, 0.6) is 0 Å². The van der Waals surface area contributed by atoms with Crippen LogP contribution in [-0.2, 0) is 21.7 Å². The predicted molar refractivity (Wildman–Crippen MR) is 177 cm³/mol. The first-order chi connectivity index (χ1) is 21.9. The number of carbonyl (C=O) groups is 2. The standard InChI is InChI=1S/C37H45FN4O4/c1-35(2,3)46-32(43)29-16-9-8-13-27(29)25-40-26-42(28-14-6-5-7-15-28)37(34(40)45)19-23-39(24-20-37)21-12-22-41-31-18-11-10-17-30(31)36(4,38)33(41)44/h5-11,13-18,33,44H,12,19-26H2,1-4H3. The van der Waals surface area contributed by atoms with Gasteiger partial charge in [-0.05, 0) is 83.3 Å². The number of benzene rings is 3. The molecule has 46 heavy (non-hydrogen) atoms. The third-order valence-corrected chi connectivity index (χ3v) is 9.66. The molecule has 0 bridgehead atoms. The van der Waals surface area contributed by atoms with E-state index in [-0.39, 0.29) is 5.91 Å². The lowest BCUT2D eigenvalue weighted by Crippen LogP contribution is -2.56. The molecule has 3 heterocycles. The molecular weight excluding hydrogens is 583 g/mol. The Labute approximate surface area is 271 Å². The number of fused-ring (bicyclic) bond motifs is 1. The Bertz CT molecular complexity index is 1560. The fourth-order valence-electron chi connectivity index (χ4n) is 7.27. The molecule has 1 spiro atoms. The number of ether oxygens (including phenoxy) is 1. The van der Waals surface area contributed by atoms with Crippen LogP contribution in [0, 0.1) is 0 Å². The van der Waals surface area contributed by atoms with Crippen LogP contribution in [0.15, 0.2) is 78.9 Å². The average molecular weight is 629 g/mol. The number of alkyl halides is 1. The lowest BCUT2D eigenvalue weighted by atomic mass is 9.85. The summed E-state index contributed by atoms with van der Waals surface area (Å²) in [5.41, 5.74) is 0.414. The van der Waals surface area contributed by atoms with E-state index >= 15 is 4.39 Å². The Morgan fingerprint density at radius 3 is 2.33 bits per heavy atom. The Kier molecular flexibility index (Phi) is 8.59. The van der Waals surface area contributed by atoms with E-state index in [0.29, 0.717) is 43.7 Å². The van der Waals surface area contributed by atoms with Crippen molar-refractivity contribution in [1.29, 1.82) is 0 Å². The molecule has 0 aliphatic carbocycles.